The summed E-state index contributed by atoms with van der Waals surface area (Å²) in [5.74, 6) is -1.56. The summed E-state index contributed by atoms with van der Waals surface area (Å²) >= 11 is 3.99. The molecule has 4 heterocycles. The molecule has 2 fully saturated rings. The Morgan fingerprint density at radius 3 is 2.45 bits per heavy atom. The molecule has 0 aromatic rings. The van der Waals surface area contributed by atoms with E-state index >= 15 is 0 Å². The van der Waals surface area contributed by atoms with Crippen LogP contribution in [0.2, 0.25) is 0 Å². The predicted octanol–water partition coefficient (Wildman–Crippen LogP) is 3.50. The SMILES string of the molecule is C=CCOC(=O)C1=C(S[C@H]2C[C@@H](CCC3(I)N(C)C=CN3C)N(C(=O)OCC=C)C2)[C@H](C)[C@@H]2[C@@H]([C@@H](C)O)C(=O)N12. The Balaban J connectivity index is 1.56. The van der Waals surface area contributed by atoms with Gasteiger partial charge in [0.25, 0.3) is 0 Å². The van der Waals surface area contributed by atoms with E-state index in [1.54, 1.807) is 17.9 Å². The fraction of sp³-hybridized carbons (Fsp3) is 0.607. The lowest BCUT2D eigenvalue weighted by atomic mass is 9.79. The third-order valence-electron chi connectivity index (χ3n) is 8.25. The Morgan fingerprint density at radius 2 is 1.85 bits per heavy atom. The number of aliphatic hydroxyl groups is 1. The number of nitrogens with zero attached hydrogens (tertiary/aromatic N) is 4. The Hall–Kier alpha value is -2.19. The quantitative estimate of drug-likeness (QED) is 0.0875. The number of alkyl halides is 1. The summed E-state index contributed by atoms with van der Waals surface area (Å²) in [4.78, 5) is 47.6. The van der Waals surface area contributed by atoms with Gasteiger partial charge in [0.15, 0.2) is 3.67 Å². The minimum absolute atomic E-state index is 0.0120. The van der Waals surface area contributed by atoms with Crippen LogP contribution in [0.25, 0.3) is 0 Å². The Morgan fingerprint density at radius 1 is 1.23 bits per heavy atom. The molecular weight excluding hydrogens is 647 g/mol. The molecule has 0 aromatic carbocycles. The Labute approximate surface area is 254 Å². The van der Waals surface area contributed by atoms with E-state index in [4.69, 9.17) is 9.47 Å². The number of hydrogen-bond acceptors (Lipinski definition) is 9. The molecule has 4 aliphatic heterocycles. The molecule has 0 aromatic heterocycles. The molecule has 0 spiro atoms. The van der Waals surface area contributed by atoms with Gasteiger partial charge < -0.3 is 34.2 Å². The molecule has 10 nitrogen and oxygen atoms in total. The summed E-state index contributed by atoms with van der Waals surface area (Å²) < 4.78 is 10.6. The molecule has 0 radical (unpaired) electrons. The maximum absolute atomic E-state index is 13.1. The van der Waals surface area contributed by atoms with Gasteiger partial charge in [-0.05, 0) is 42.4 Å². The van der Waals surface area contributed by atoms with Crippen molar-refractivity contribution in [3.63, 3.8) is 0 Å². The first-order valence-electron chi connectivity index (χ1n) is 13.5. The second-order valence-electron chi connectivity index (χ2n) is 10.8. The number of esters is 1. The molecule has 0 aliphatic carbocycles. The van der Waals surface area contributed by atoms with Crippen LogP contribution in [0.4, 0.5) is 4.79 Å². The fourth-order valence-electron chi connectivity index (χ4n) is 6.10. The highest BCUT2D eigenvalue weighted by Crippen LogP contribution is 2.52. The number of amides is 2. The summed E-state index contributed by atoms with van der Waals surface area (Å²) in [6, 6.07) is -0.354. The van der Waals surface area contributed by atoms with Crippen molar-refractivity contribution in [1.29, 1.82) is 0 Å². The summed E-state index contributed by atoms with van der Waals surface area (Å²) in [7, 11) is 4.09. The van der Waals surface area contributed by atoms with Crippen molar-refractivity contribution in [2.75, 3.05) is 33.9 Å². The molecule has 4 aliphatic rings. The average molecular weight is 687 g/mol. The predicted molar refractivity (Wildman–Crippen MR) is 162 cm³/mol. The molecule has 0 bridgehead atoms. The second kappa shape index (κ2) is 12.4. The Bertz CT molecular complexity index is 1100. The van der Waals surface area contributed by atoms with E-state index in [2.05, 4.69) is 45.5 Å². The number of thioether (sulfide) groups is 1. The minimum Gasteiger partial charge on any atom is -0.457 e. The van der Waals surface area contributed by atoms with E-state index in [1.165, 1.54) is 22.7 Å². The molecule has 2 saturated heterocycles. The standard InChI is InChI=1S/C28H39IN4O6S/c1-7-13-38-26(36)23-24(17(3)22-21(18(4)34)25(35)33(22)23)40-20-15-19(32(16-20)27(37)39-14-8-2)9-10-28(29)30(5)11-12-31(28)6/h7-8,11-12,17-22,34H,1-2,9-10,13-16H2,3-6H3/t17-,18-,19-,20+,21-,22-/m1/s1. The monoisotopic (exact) mass is 686 g/mol. The molecule has 0 saturated carbocycles. The molecule has 4 rings (SSSR count). The third-order valence-corrected chi connectivity index (χ3v) is 11.8. The zero-order chi connectivity index (χ0) is 29.4. The number of carbonyl (C=O) groups excluding carboxylic acids is 3. The largest absolute Gasteiger partial charge is 0.457 e. The highest BCUT2D eigenvalue weighted by atomic mass is 127. The normalized spacial score (nSPS) is 29.4. The number of aliphatic hydroxyl groups excluding tert-OH is 1. The number of rotatable bonds is 11. The van der Waals surface area contributed by atoms with Gasteiger partial charge in [0, 0.05) is 61.6 Å². The number of hydrogen-bond donors (Lipinski definition) is 1. The number of ether oxygens (including phenoxy) is 2. The van der Waals surface area contributed by atoms with Crippen molar-refractivity contribution >= 4 is 52.3 Å². The number of likely N-dealkylation sites (tertiary alicyclic amines) is 1. The maximum Gasteiger partial charge on any atom is 0.410 e. The first-order chi connectivity index (χ1) is 19.0. The molecule has 220 valence electrons. The van der Waals surface area contributed by atoms with E-state index in [0.29, 0.717) is 13.0 Å². The van der Waals surface area contributed by atoms with Crippen LogP contribution in [0.3, 0.4) is 0 Å². The Kier molecular flexibility index (Phi) is 9.50. The zero-order valence-electron chi connectivity index (χ0n) is 23.5. The van der Waals surface area contributed by atoms with Gasteiger partial charge in [-0.15, -0.1) is 11.8 Å². The van der Waals surface area contributed by atoms with Crippen LogP contribution in [0, 0.1) is 11.8 Å². The van der Waals surface area contributed by atoms with Gasteiger partial charge in [0.05, 0.1) is 18.1 Å². The van der Waals surface area contributed by atoms with E-state index < -0.39 is 18.0 Å². The summed E-state index contributed by atoms with van der Waals surface area (Å²) in [6.07, 6.45) is 8.22. The zero-order valence-corrected chi connectivity index (χ0v) is 26.5. The van der Waals surface area contributed by atoms with Gasteiger partial charge in [-0.25, -0.2) is 9.59 Å². The van der Waals surface area contributed by atoms with Crippen LogP contribution >= 0.6 is 34.4 Å². The van der Waals surface area contributed by atoms with E-state index in [9.17, 15) is 19.5 Å². The van der Waals surface area contributed by atoms with Crippen molar-refractivity contribution < 1.29 is 29.0 Å². The van der Waals surface area contributed by atoms with Crippen molar-refractivity contribution in [3.05, 3.63) is 48.3 Å². The van der Waals surface area contributed by atoms with Crippen LogP contribution in [-0.4, -0.2) is 104 Å². The van der Waals surface area contributed by atoms with Gasteiger partial charge in [-0.2, -0.15) is 0 Å². The molecule has 12 heteroatoms. The smallest absolute Gasteiger partial charge is 0.410 e. The summed E-state index contributed by atoms with van der Waals surface area (Å²) in [6.45, 7) is 11.5. The highest BCUT2D eigenvalue weighted by molar-refractivity contribution is 14.1. The maximum atomic E-state index is 13.1. The number of carbonyl (C=O) groups is 3. The van der Waals surface area contributed by atoms with Crippen LogP contribution < -0.4 is 0 Å². The fourth-order valence-corrected chi connectivity index (χ4v) is 8.29. The average Bonchev–Trinajstić information content (AvgIpc) is 3.52. The van der Waals surface area contributed by atoms with Crippen molar-refractivity contribution in [1.82, 2.24) is 19.6 Å². The van der Waals surface area contributed by atoms with Gasteiger partial charge >= 0.3 is 12.1 Å². The van der Waals surface area contributed by atoms with Gasteiger partial charge in [-0.3, -0.25) is 4.79 Å². The van der Waals surface area contributed by atoms with Gasteiger partial charge in [-0.1, -0.05) is 32.2 Å². The van der Waals surface area contributed by atoms with E-state index in [-0.39, 0.29) is 57.8 Å². The molecule has 40 heavy (non-hydrogen) atoms. The van der Waals surface area contributed by atoms with Crippen LogP contribution in [0.1, 0.15) is 33.1 Å². The van der Waals surface area contributed by atoms with Crippen molar-refractivity contribution in [2.24, 2.45) is 11.8 Å². The van der Waals surface area contributed by atoms with E-state index in [1.807, 2.05) is 33.4 Å². The lowest BCUT2D eigenvalue weighted by molar-refractivity contribution is -0.164. The lowest BCUT2D eigenvalue weighted by Crippen LogP contribution is -2.63. The van der Waals surface area contributed by atoms with Gasteiger partial charge in [0.2, 0.25) is 5.91 Å². The van der Waals surface area contributed by atoms with E-state index in [0.717, 1.165) is 17.7 Å². The van der Waals surface area contributed by atoms with Crippen LogP contribution in [0.15, 0.2) is 48.3 Å². The van der Waals surface area contributed by atoms with Crippen molar-refractivity contribution in [2.45, 2.75) is 60.2 Å². The first kappa shape index (κ1) is 30.8. The number of β-lactam (4-membered cyclic amide) rings is 1. The summed E-state index contributed by atoms with van der Waals surface area (Å²) in [5.41, 5.74) is 0.252. The number of fused-ring (bicyclic) bond motifs is 1. The third kappa shape index (κ3) is 5.50. The lowest BCUT2D eigenvalue weighted by Gasteiger charge is -2.46. The first-order valence-corrected chi connectivity index (χ1v) is 15.5. The second-order valence-corrected chi connectivity index (χ2v) is 13.8. The van der Waals surface area contributed by atoms with Crippen LogP contribution in [-0.2, 0) is 19.1 Å². The summed E-state index contributed by atoms with van der Waals surface area (Å²) in [5, 5.41) is 10.3. The van der Waals surface area contributed by atoms with Gasteiger partial charge in [0.1, 0.15) is 18.9 Å². The molecule has 6 atom stereocenters. The highest BCUT2D eigenvalue weighted by Gasteiger charge is 2.60. The van der Waals surface area contributed by atoms with Crippen LogP contribution in [0.5, 0.6) is 0 Å². The van der Waals surface area contributed by atoms with Crippen molar-refractivity contribution in [3.8, 4) is 0 Å². The molecular formula is C28H39IN4O6S. The molecule has 2 amide bonds. The minimum atomic E-state index is -0.820. The molecule has 0 unspecified atom stereocenters. The molecule has 1 N–H and O–H groups in total. The topological polar surface area (TPSA) is 103 Å². The number of halogens is 1.